The van der Waals surface area contributed by atoms with Gasteiger partial charge in [-0.3, -0.25) is 0 Å². The maximum atomic E-state index is 10.0. The summed E-state index contributed by atoms with van der Waals surface area (Å²) in [5, 5.41) is 10.0. The zero-order valence-corrected chi connectivity index (χ0v) is 9.77. The Morgan fingerprint density at radius 1 is 1.50 bits per heavy atom. The Bertz CT molecular complexity index is 362. The highest BCUT2D eigenvalue weighted by molar-refractivity contribution is 5.43. The molecule has 3 heteroatoms. The number of rotatable bonds is 3. The Hall–Kier alpha value is -1.22. The molecular formula is C13H18O3. The van der Waals surface area contributed by atoms with Gasteiger partial charge in [0.2, 0.25) is 0 Å². The van der Waals surface area contributed by atoms with Crippen LogP contribution in [0.25, 0.3) is 0 Å². The number of hydrogen-bond donors (Lipinski definition) is 1. The number of aliphatic hydroxyl groups is 1. The second-order valence-corrected chi connectivity index (χ2v) is 4.18. The van der Waals surface area contributed by atoms with Crippen LogP contribution < -0.4 is 9.47 Å². The molecular weight excluding hydrogens is 204 g/mol. The van der Waals surface area contributed by atoms with Crippen molar-refractivity contribution in [2.75, 3.05) is 7.11 Å². The summed E-state index contributed by atoms with van der Waals surface area (Å²) in [4.78, 5) is 0. The van der Waals surface area contributed by atoms with Crippen molar-refractivity contribution in [2.45, 2.75) is 38.4 Å². The van der Waals surface area contributed by atoms with Crippen molar-refractivity contribution in [2.24, 2.45) is 0 Å². The van der Waals surface area contributed by atoms with Crippen molar-refractivity contribution in [3.63, 3.8) is 0 Å². The van der Waals surface area contributed by atoms with Crippen LogP contribution in [0.5, 0.6) is 11.5 Å². The van der Waals surface area contributed by atoms with E-state index in [4.69, 9.17) is 9.47 Å². The summed E-state index contributed by atoms with van der Waals surface area (Å²) < 4.78 is 11.0. The quantitative estimate of drug-likeness (QED) is 0.854. The minimum Gasteiger partial charge on any atom is -0.497 e. The van der Waals surface area contributed by atoms with Gasteiger partial charge >= 0.3 is 0 Å². The van der Waals surface area contributed by atoms with Crippen LogP contribution in [-0.4, -0.2) is 18.3 Å². The Morgan fingerprint density at radius 3 is 3.00 bits per heavy atom. The lowest BCUT2D eigenvalue weighted by atomic mass is 9.97. The minimum atomic E-state index is -0.435. The minimum absolute atomic E-state index is 0.140. The van der Waals surface area contributed by atoms with Gasteiger partial charge in [-0.05, 0) is 24.6 Å². The fraction of sp³-hybridized carbons (Fsp3) is 0.538. The zero-order valence-electron chi connectivity index (χ0n) is 9.77. The molecule has 1 N–H and O–H groups in total. The molecule has 0 fully saturated rings. The molecule has 16 heavy (non-hydrogen) atoms. The monoisotopic (exact) mass is 222 g/mol. The van der Waals surface area contributed by atoms with Gasteiger partial charge in [0.25, 0.3) is 0 Å². The molecule has 1 heterocycles. The molecule has 88 valence electrons. The molecule has 1 aliphatic rings. The van der Waals surface area contributed by atoms with Gasteiger partial charge in [-0.25, -0.2) is 0 Å². The molecule has 0 amide bonds. The lowest BCUT2D eigenvalue weighted by Crippen LogP contribution is -2.25. The van der Waals surface area contributed by atoms with E-state index in [0.717, 1.165) is 29.9 Å². The summed E-state index contributed by atoms with van der Waals surface area (Å²) in [7, 11) is 1.62. The Balaban J connectivity index is 2.23. The molecule has 0 aromatic heterocycles. The van der Waals surface area contributed by atoms with Crippen LogP contribution in [0.15, 0.2) is 18.2 Å². The largest absolute Gasteiger partial charge is 0.497 e. The van der Waals surface area contributed by atoms with E-state index in [1.54, 1.807) is 7.11 Å². The molecule has 0 bridgehead atoms. The predicted octanol–water partition coefficient (Wildman–Crippen LogP) is 2.68. The summed E-state index contributed by atoms with van der Waals surface area (Å²) >= 11 is 0. The lowest BCUT2D eigenvalue weighted by molar-refractivity contribution is 0.0612. The van der Waals surface area contributed by atoms with Gasteiger partial charge in [-0.2, -0.15) is 0 Å². The SMILES string of the molecule is CCCC1C[C@@H](O)c2cc(OC)ccc2O1. The molecule has 1 aromatic carbocycles. The second-order valence-electron chi connectivity index (χ2n) is 4.18. The van der Waals surface area contributed by atoms with Crippen LogP contribution in [-0.2, 0) is 0 Å². The number of ether oxygens (including phenoxy) is 2. The highest BCUT2D eigenvalue weighted by Crippen LogP contribution is 2.37. The molecule has 2 atom stereocenters. The summed E-state index contributed by atoms with van der Waals surface area (Å²) in [6, 6.07) is 5.58. The average molecular weight is 222 g/mol. The molecule has 1 aromatic rings. The van der Waals surface area contributed by atoms with E-state index in [0.29, 0.717) is 6.42 Å². The first-order valence-corrected chi connectivity index (χ1v) is 5.77. The van der Waals surface area contributed by atoms with Gasteiger partial charge in [-0.1, -0.05) is 13.3 Å². The Labute approximate surface area is 96.0 Å². The van der Waals surface area contributed by atoms with Crippen molar-refractivity contribution in [1.82, 2.24) is 0 Å². The normalized spacial score (nSPS) is 23.4. The molecule has 0 radical (unpaired) electrons. The van der Waals surface area contributed by atoms with Crippen LogP contribution in [0.2, 0.25) is 0 Å². The number of hydrogen-bond acceptors (Lipinski definition) is 3. The third kappa shape index (κ3) is 2.14. The maximum Gasteiger partial charge on any atom is 0.125 e. The van der Waals surface area contributed by atoms with Crippen LogP contribution >= 0.6 is 0 Å². The van der Waals surface area contributed by atoms with Gasteiger partial charge < -0.3 is 14.6 Å². The standard InChI is InChI=1S/C13H18O3/c1-3-4-10-8-12(14)11-7-9(15-2)5-6-13(11)16-10/h5-7,10,12,14H,3-4,8H2,1-2H3/t10?,12-/m1/s1. The zero-order chi connectivity index (χ0) is 11.5. The second kappa shape index (κ2) is 4.74. The summed E-state index contributed by atoms with van der Waals surface area (Å²) in [6.45, 7) is 2.12. The molecule has 2 rings (SSSR count). The topological polar surface area (TPSA) is 38.7 Å². The maximum absolute atomic E-state index is 10.0. The van der Waals surface area contributed by atoms with E-state index >= 15 is 0 Å². The fourth-order valence-corrected chi connectivity index (χ4v) is 2.12. The van der Waals surface area contributed by atoms with Crippen LogP contribution in [0.1, 0.15) is 37.9 Å². The number of benzene rings is 1. The highest BCUT2D eigenvalue weighted by Gasteiger charge is 2.26. The van der Waals surface area contributed by atoms with Crippen molar-refractivity contribution in [1.29, 1.82) is 0 Å². The number of methoxy groups -OCH3 is 1. The van der Waals surface area contributed by atoms with Crippen LogP contribution in [0.4, 0.5) is 0 Å². The lowest BCUT2D eigenvalue weighted by Gasteiger charge is -2.29. The first kappa shape index (κ1) is 11.3. The molecule has 0 saturated carbocycles. The first-order valence-electron chi connectivity index (χ1n) is 5.77. The summed E-state index contributed by atoms with van der Waals surface area (Å²) in [6.07, 6.45) is 2.44. The Morgan fingerprint density at radius 2 is 2.31 bits per heavy atom. The molecule has 1 unspecified atom stereocenters. The van der Waals surface area contributed by atoms with Gasteiger partial charge in [0.15, 0.2) is 0 Å². The highest BCUT2D eigenvalue weighted by atomic mass is 16.5. The van der Waals surface area contributed by atoms with E-state index in [-0.39, 0.29) is 6.10 Å². The van der Waals surface area contributed by atoms with E-state index in [1.807, 2.05) is 18.2 Å². The van der Waals surface area contributed by atoms with Gasteiger partial charge in [0, 0.05) is 12.0 Å². The fourth-order valence-electron chi connectivity index (χ4n) is 2.12. The number of aliphatic hydroxyl groups excluding tert-OH is 1. The molecule has 0 spiro atoms. The van der Waals surface area contributed by atoms with Gasteiger partial charge in [-0.15, -0.1) is 0 Å². The van der Waals surface area contributed by atoms with Gasteiger partial charge in [0.1, 0.15) is 17.6 Å². The number of fused-ring (bicyclic) bond motifs is 1. The average Bonchev–Trinajstić information content (AvgIpc) is 2.29. The van der Waals surface area contributed by atoms with Crippen LogP contribution in [0, 0.1) is 0 Å². The predicted molar refractivity (Wildman–Crippen MR) is 61.9 cm³/mol. The first-order chi connectivity index (χ1) is 7.74. The third-order valence-electron chi connectivity index (χ3n) is 2.97. The van der Waals surface area contributed by atoms with E-state index in [1.165, 1.54) is 0 Å². The molecule has 0 saturated heterocycles. The summed E-state index contributed by atoms with van der Waals surface area (Å²) in [5.41, 5.74) is 0.840. The van der Waals surface area contributed by atoms with Crippen molar-refractivity contribution < 1.29 is 14.6 Å². The van der Waals surface area contributed by atoms with Crippen molar-refractivity contribution in [3.05, 3.63) is 23.8 Å². The summed E-state index contributed by atoms with van der Waals surface area (Å²) in [5.74, 6) is 1.55. The van der Waals surface area contributed by atoms with E-state index in [9.17, 15) is 5.11 Å². The van der Waals surface area contributed by atoms with Crippen molar-refractivity contribution in [3.8, 4) is 11.5 Å². The molecule has 0 aliphatic carbocycles. The van der Waals surface area contributed by atoms with Crippen molar-refractivity contribution >= 4 is 0 Å². The third-order valence-corrected chi connectivity index (χ3v) is 2.97. The Kier molecular flexibility index (Phi) is 3.34. The van der Waals surface area contributed by atoms with Crippen LogP contribution in [0.3, 0.4) is 0 Å². The van der Waals surface area contributed by atoms with E-state index in [2.05, 4.69) is 6.92 Å². The molecule has 1 aliphatic heterocycles. The molecule has 3 nitrogen and oxygen atoms in total. The smallest absolute Gasteiger partial charge is 0.125 e. The van der Waals surface area contributed by atoms with E-state index < -0.39 is 6.10 Å². The van der Waals surface area contributed by atoms with Gasteiger partial charge in [0.05, 0.1) is 13.2 Å².